The van der Waals surface area contributed by atoms with Crippen LogP contribution in [-0.4, -0.2) is 68.1 Å². The topological polar surface area (TPSA) is 60.9 Å². The van der Waals surface area contributed by atoms with Crippen molar-refractivity contribution in [1.82, 2.24) is 13.5 Å². The van der Waals surface area contributed by atoms with E-state index in [1.54, 1.807) is 12.1 Å². The zero-order valence-corrected chi connectivity index (χ0v) is 16.2. The summed E-state index contributed by atoms with van der Waals surface area (Å²) in [5.74, 6) is 0.0742. The van der Waals surface area contributed by atoms with E-state index in [0.717, 1.165) is 31.5 Å². The molecule has 2 aliphatic heterocycles. The van der Waals surface area contributed by atoms with Gasteiger partial charge in [-0.25, -0.2) is 0 Å². The van der Waals surface area contributed by atoms with E-state index in [1.807, 2.05) is 17.0 Å². The Hall–Kier alpha value is -1.15. The molecule has 138 valence electrons. The highest BCUT2D eigenvalue weighted by Crippen LogP contribution is 2.39. The van der Waals surface area contributed by atoms with Gasteiger partial charge in [0, 0.05) is 45.3 Å². The Bertz CT molecular complexity index is 737. The van der Waals surface area contributed by atoms with Crippen molar-refractivity contribution >= 4 is 27.7 Å². The van der Waals surface area contributed by atoms with Crippen LogP contribution in [0.1, 0.15) is 18.4 Å². The Kier molecular flexibility index (Phi) is 5.12. The van der Waals surface area contributed by atoms with E-state index in [2.05, 4.69) is 0 Å². The highest BCUT2D eigenvalue weighted by Gasteiger charge is 2.55. The van der Waals surface area contributed by atoms with Gasteiger partial charge < -0.3 is 4.90 Å². The number of benzene rings is 1. The standard InChI is InChI=1S/C17H24ClN3O3S/c1-19(2)25(23,24)21-12-17(13-21,16(22)20-9-3-4-10-20)11-14-5-7-15(18)8-6-14/h5-8H,3-4,9-13H2,1-2H3. The Balaban J connectivity index is 1.83. The average Bonchev–Trinajstić information content (AvgIpc) is 3.05. The highest BCUT2D eigenvalue weighted by molar-refractivity contribution is 7.86. The molecule has 0 saturated carbocycles. The summed E-state index contributed by atoms with van der Waals surface area (Å²) in [6, 6.07) is 7.42. The maximum atomic E-state index is 13.1. The summed E-state index contributed by atoms with van der Waals surface area (Å²) in [4.78, 5) is 15.0. The van der Waals surface area contributed by atoms with Gasteiger partial charge in [0.2, 0.25) is 5.91 Å². The van der Waals surface area contributed by atoms with Crippen LogP contribution in [0.25, 0.3) is 0 Å². The lowest BCUT2D eigenvalue weighted by molar-refractivity contribution is -0.148. The molecular formula is C17H24ClN3O3S. The van der Waals surface area contributed by atoms with Gasteiger partial charge in [0.15, 0.2) is 0 Å². The Labute approximate surface area is 154 Å². The molecule has 0 aromatic heterocycles. The van der Waals surface area contributed by atoms with Crippen LogP contribution in [0.2, 0.25) is 5.02 Å². The van der Waals surface area contributed by atoms with Crippen LogP contribution >= 0.6 is 11.6 Å². The summed E-state index contributed by atoms with van der Waals surface area (Å²) < 4.78 is 27.3. The number of amides is 1. The SMILES string of the molecule is CN(C)S(=O)(=O)N1CC(Cc2ccc(Cl)cc2)(C(=O)N2CCCC2)C1. The first kappa shape index (κ1) is 18.6. The lowest BCUT2D eigenvalue weighted by Crippen LogP contribution is -2.67. The molecule has 1 aromatic rings. The van der Waals surface area contributed by atoms with Crippen LogP contribution in [0.3, 0.4) is 0 Å². The number of hydrogen-bond donors (Lipinski definition) is 0. The first-order valence-corrected chi connectivity index (χ1v) is 10.2. The molecule has 0 aliphatic carbocycles. The van der Waals surface area contributed by atoms with E-state index in [4.69, 9.17) is 11.6 Å². The number of nitrogens with zero attached hydrogens (tertiary/aromatic N) is 3. The minimum Gasteiger partial charge on any atom is -0.342 e. The molecule has 1 amide bonds. The molecule has 0 spiro atoms. The van der Waals surface area contributed by atoms with Crippen molar-refractivity contribution in [3.8, 4) is 0 Å². The summed E-state index contributed by atoms with van der Waals surface area (Å²) in [6.45, 7) is 1.99. The van der Waals surface area contributed by atoms with Crippen molar-refractivity contribution in [2.45, 2.75) is 19.3 Å². The molecule has 0 bridgehead atoms. The second-order valence-corrected chi connectivity index (χ2v) is 9.72. The van der Waals surface area contributed by atoms with E-state index in [1.165, 1.54) is 22.7 Å². The summed E-state index contributed by atoms with van der Waals surface area (Å²) in [5, 5.41) is 0.647. The third-order valence-corrected chi connectivity index (χ3v) is 7.13. The van der Waals surface area contributed by atoms with Gasteiger partial charge in [-0.15, -0.1) is 0 Å². The number of carbonyl (C=O) groups excluding carboxylic acids is 1. The largest absolute Gasteiger partial charge is 0.342 e. The maximum absolute atomic E-state index is 13.1. The molecule has 3 rings (SSSR count). The van der Waals surface area contributed by atoms with Gasteiger partial charge in [-0.2, -0.15) is 17.0 Å². The van der Waals surface area contributed by atoms with Gasteiger partial charge in [-0.1, -0.05) is 23.7 Å². The molecule has 2 saturated heterocycles. The van der Waals surface area contributed by atoms with Crippen LogP contribution < -0.4 is 0 Å². The normalized spacial score (nSPS) is 20.7. The van der Waals surface area contributed by atoms with Crippen LogP contribution in [0.15, 0.2) is 24.3 Å². The fraction of sp³-hybridized carbons (Fsp3) is 0.588. The van der Waals surface area contributed by atoms with Crippen molar-refractivity contribution in [1.29, 1.82) is 0 Å². The molecule has 0 unspecified atom stereocenters. The highest BCUT2D eigenvalue weighted by atomic mass is 35.5. The molecule has 8 heteroatoms. The predicted molar refractivity (Wildman–Crippen MR) is 97.6 cm³/mol. The summed E-state index contributed by atoms with van der Waals surface area (Å²) in [7, 11) is -0.471. The Morgan fingerprint density at radius 2 is 1.72 bits per heavy atom. The van der Waals surface area contributed by atoms with E-state index in [9.17, 15) is 13.2 Å². The lowest BCUT2D eigenvalue weighted by Gasteiger charge is -2.49. The van der Waals surface area contributed by atoms with Crippen LogP contribution in [0.5, 0.6) is 0 Å². The van der Waals surface area contributed by atoms with E-state index < -0.39 is 15.6 Å². The number of halogens is 1. The minimum absolute atomic E-state index is 0.0742. The van der Waals surface area contributed by atoms with Gasteiger partial charge in [0.1, 0.15) is 0 Å². The molecule has 2 aliphatic rings. The van der Waals surface area contributed by atoms with E-state index in [-0.39, 0.29) is 19.0 Å². The second kappa shape index (κ2) is 6.87. The van der Waals surface area contributed by atoms with Crippen LogP contribution in [-0.2, 0) is 21.4 Å². The van der Waals surface area contributed by atoms with Gasteiger partial charge in [0.25, 0.3) is 10.2 Å². The lowest BCUT2D eigenvalue weighted by atomic mass is 9.75. The van der Waals surface area contributed by atoms with E-state index in [0.29, 0.717) is 11.4 Å². The third kappa shape index (κ3) is 3.56. The van der Waals surface area contributed by atoms with Gasteiger partial charge >= 0.3 is 0 Å². The summed E-state index contributed by atoms with van der Waals surface area (Å²) >= 11 is 5.95. The minimum atomic E-state index is -3.49. The van der Waals surface area contributed by atoms with Crippen molar-refractivity contribution < 1.29 is 13.2 Å². The van der Waals surface area contributed by atoms with Crippen molar-refractivity contribution in [2.75, 3.05) is 40.3 Å². The number of carbonyl (C=O) groups is 1. The molecule has 1 aromatic carbocycles. The summed E-state index contributed by atoms with van der Waals surface area (Å²) in [5.41, 5.74) is 0.320. The second-order valence-electron chi connectivity index (χ2n) is 7.14. The first-order chi connectivity index (χ1) is 11.7. The quantitative estimate of drug-likeness (QED) is 0.773. The maximum Gasteiger partial charge on any atom is 0.281 e. The molecule has 2 heterocycles. The Morgan fingerprint density at radius 1 is 1.16 bits per heavy atom. The molecule has 0 radical (unpaired) electrons. The third-order valence-electron chi connectivity index (χ3n) is 5.05. The smallest absolute Gasteiger partial charge is 0.281 e. The van der Waals surface area contributed by atoms with Crippen molar-refractivity contribution in [3.63, 3.8) is 0 Å². The fourth-order valence-corrected chi connectivity index (χ4v) is 5.00. The predicted octanol–water partition coefficient (Wildman–Crippen LogP) is 1.61. The molecule has 2 fully saturated rings. The summed E-state index contributed by atoms with van der Waals surface area (Å²) in [6.07, 6.45) is 2.56. The van der Waals surface area contributed by atoms with Crippen molar-refractivity contribution in [3.05, 3.63) is 34.9 Å². The number of rotatable bonds is 5. The molecule has 0 N–H and O–H groups in total. The first-order valence-electron chi connectivity index (χ1n) is 8.46. The number of hydrogen-bond acceptors (Lipinski definition) is 3. The number of likely N-dealkylation sites (tertiary alicyclic amines) is 1. The van der Waals surface area contributed by atoms with Gasteiger partial charge in [-0.3, -0.25) is 4.79 Å². The van der Waals surface area contributed by atoms with Crippen molar-refractivity contribution in [2.24, 2.45) is 5.41 Å². The average molecular weight is 386 g/mol. The Morgan fingerprint density at radius 3 is 2.24 bits per heavy atom. The van der Waals surface area contributed by atoms with Gasteiger partial charge in [0.05, 0.1) is 5.41 Å². The molecule has 6 nitrogen and oxygen atoms in total. The zero-order valence-electron chi connectivity index (χ0n) is 14.6. The molecule has 25 heavy (non-hydrogen) atoms. The van der Waals surface area contributed by atoms with Gasteiger partial charge in [-0.05, 0) is 37.0 Å². The monoisotopic (exact) mass is 385 g/mol. The fourth-order valence-electron chi connectivity index (χ4n) is 3.59. The van der Waals surface area contributed by atoms with Crippen LogP contribution in [0.4, 0.5) is 0 Å². The van der Waals surface area contributed by atoms with E-state index >= 15 is 0 Å². The van der Waals surface area contributed by atoms with Crippen LogP contribution in [0, 0.1) is 5.41 Å². The molecular weight excluding hydrogens is 362 g/mol. The zero-order chi connectivity index (χ0) is 18.2. The molecule has 0 atom stereocenters.